The molecule has 1 aromatic rings. The quantitative estimate of drug-likeness (QED) is 0.772. The van der Waals surface area contributed by atoms with Gasteiger partial charge in [0.2, 0.25) is 5.91 Å². The molecule has 0 unspecified atom stereocenters. The molecule has 2 N–H and O–H groups in total. The Morgan fingerprint density at radius 3 is 2.21 bits per heavy atom. The molecule has 1 fully saturated rings. The number of carbonyl (C=O) groups is 1. The molecule has 0 saturated carbocycles. The zero-order valence-electron chi connectivity index (χ0n) is 14.6. The lowest BCUT2D eigenvalue weighted by Gasteiger charge is -2.35. The van der Waals surface area contributed by atoms with Gasteiger partial charge in [0, 0.05) is 51.5 Å². The van der Waals surface area contributed by atoms with Crippen molar-refractivity contribution in [3.63, 3.8) is 0 Å². The number of likely N-dealkylation sites (N-methyl/N-ethyl adjacent to an activating group) is 1. The van der Waals surface area contributed by atoms with Crippen molar-refractivity contribution in [1.29, 1.82) is 0 Å². The number of benzene rings is 1. The van der Waals surface area contributed by atoms with Gasteiger partial charge in [0.1, 0.15) is 0 Å². The summed E-state index contributed by atoms with van der Waals surface area (Å²) in [5, 5.41) is 0. The Morgan fingerprint density at radius 2 is 1.67 bits per heavy atom. The van der Waals surface area contributed by atoms with E-state index in [9.17, 15) is 4.79 Å². The van der Waals surface area contributed by atoms with Gasteiger partial charge in [-0.15, -0.1) is 24.8 Å². The Balaban J connectivity index is 0.00000264. The largest absolute Gasteiger partial charge is 0.399 e. The van der Waals surface area contributed by atoms with Gasteiger partial charge < -0.3 is 10.6 Å². The van der Waals surface area contributed by atoms with Crippen LogP contribution in [0, 0.1) is 0 Å². The first kappa shape index (κ1) is 23.0. The SMILES string of the molecule is CCN(CC)C(=O)CN1CCN(Cc2cccc(N)c2)CC1.Cl.Cl. The van der Waals surface area contributed by atoms with Gasteiger partial charge in [0.25, 0.3) is 0 Å². The molecule has 138 valence electrons. The van der Waals surface area contributed by atoms with Crippen LogP contribution in [-0.4, -0.2) is 66.4 Å². The Kier molecular flexibility index (Phi) is 11.0. The Hall–Kier alpha value is -1.01. The summed E-state index contributed by atoms with van der Waals surface area (Å²) in [4.78, 5) is 18.7. The molecule has 1 aliphatic rings. The maximum absolute atomic E-state index is 12.1. The van der Waals surface area contributed by atoms with E-state index >= 15 is 0 Å². The van der Waals surface area contributed by atoms with Crippen LogP contribution in [0.1, 0.15) is 19.4 Å². The van der Waals surface area contributed by atoms with E-state index in [1.54, 1.807) is 0 Å². The van der Waals surface area contributed by atoms with Gasteiger partial charge in [0.15, 0.2) is 0 Å². The van der Waals surface area contributed by atoms with Crippen LogP contribution in [0.2, 0.25) is 0 Å². The molecule has 7 heteroatoms. The first-order chi connectivity index (χ1) is 10.6. The lowest BCUT2D eigenvalue weighted by Crippen LogP contribution is -2.49. The van der Waals surface area contributed by atoms with Gasteiger partial charge in [-0.25, -0.2) is 0 Å². The fourth-order valence-electron chi connectivity index (χ4n) is 2.92. The van der Waals surface area contributed by atoms with Gasteiger partial charge in [-0.2, -0.15) is 0 Å². The van der Waals surface area contributed by atoms with Crippen LogP contribution in [0.3, 0.4) is 0 Å². The third-order valence-electron chi connectivity index (χ3n) is 4.30. The molecule has 1 heterocycles. The number of nitrogens with two attached hydrogens (primary N) is 1. The van der Waals surface area contributed by atoms with Crippen LogP contribution in [-0.2, 0) is 11.3 Å². The highest BCUT2D eigenvalue weighted by molar-refractivity contribution is 5.85. The Morgan fingerprint density at radius 1 is 1.08 bits per heavy atom. The first-order valence-corrected chi connectivity index (χ1v) is 8.19. The number of hydrogen-bond acceptors (Lipinski definition) is 4. The van der Waals surface area contributed by atoms with E-state index in [1.165, 1.54) is 5.56 Å². The highest BCUT2D eigenvalue weighted by Gasteiger charge is 2.20. The second-order valence-corrected chi connectivity index (χ2v) is 5.86. The zero-order valence-corrected chi connectivity index (χ0v) is 16.2. The molecular weight excluding hydrogens is 347 g/mol. The fourth-order valence-corrected chi connectivity index (χ4v) is 2.92. The lowest BCUT2D eigenvalue weighted by molar-refractivity contribution is -0.132. The van der Waals surface area contributed by atoms with E-state index in [0.29, 0.717) is 6.54 Å². The summed E-state index contributed by atoms with van der Waals surface area (Å²) >= 11 is 0. The van der Waals surface area contributed by atoms with Gasteiger partial charge in [-0.1, -0.05) is 12.1 Å². The van der Waals surface area contributed by atoms with Crippen molar-refractivity contribution in [3.8, 4) is 0 Å². The summed E-state index contributed by atoms with van der Waals surface area (Å²) in [7, 11) is 0. The van der Waals surface area contributed by atoms with Gasteiger partial charge in [0.05, 0.1) is 6.54 Å². The van der Waals surface area contributed by atoms with Crippen LogP contribution >= 0.6 is 24.8 Å². The molecule has 0 aliphatic carbocycles. The number of hydrogen-bond donors (Lipinski definition) is 1. The Labute approximate surface area is 158 Å². The van der Waals surface area contributed by atoms with E-state index in [2.05, 4.69) is 15.9 Å². The summed E-state index contributed by atoms with van der Waals surface area (Å²) in [6.45, 7) is 11.0. The maximum atomic E-state index is 12.1. The number of carbonyl (C=O) groups excluding carboxylic acids is 1. The van der Waals surface area contributed by atoms with Gasteiger partial charge in [-0.05, 0) is 31.5 Å². The molecule has 0 spiro atoms. The van der Waals surface area contributed by atoms with E-state index in [1.807, 2.05) is 36.9 Å². The van der Waals surface area contributed by atoms with Crippen LogP contribution < -0.4 is 5.73 Å². The predicted molar refractivity (Wildman–Crippen MR) is 105 cm³/mol. The topological polar surface area (TPSA) is 52.8 Å². The fraction of sp³-hybridized carbons (Fsp3) is 0.588. The van der Waals surface area contributed by atoms with Crippen LogP contribution in [0.25, 0.3) is 0 Å². The van der Waals surface area contributed by atoms with E-state index in [4.69, 9.17) is 5.73 Å². The highest BCUT2D eigenvalue weighted by Crippen LogP contribution is 2.11. The molecule has 1 aliphatic heterocycles. The average molecular weight is 377 g/mol. The molecule has 1 aromatic carbocycles. The van der Waals surface area contributed by atoms with Crippen molar-refractivity contribution in [2.75, 3.05) is 51.5 Å². The van der Waals surface area contributed by atoms with Crippen molar-refractivity contribution >= 4 is 36.4 Å². The number of halogens is 2. The highest BCUT2D eigenvalue weighted by atomic mass is 35.5. The average Bonchev–Trinajstić information content (AvgIpc) is 2.50. The van der Waals surface area contributed by atoms with Crippen LogP contribution in [0.15, 0.2) is 24.3 Å². The zero-order chi connectivity index (χ0) is 15.9. The number of rotatable bonds is 6. The van der Waals surface area contributed by atoms with Crippen LogP contribution in [0.5, 0.6) is 0 Å². The number of anilines is 1. The second-order valence-electron chi connectivity index (χ2n) is 5.86. The summed E-state index contributed by atoms with van der Waals surface area (Å²) in [5.41, 5.74) is 7.90. The van der Waals surface area contributed by atoms with Crippen molar-refractivity contribution in [2.24, 2.45) is 0 Å². The lowest BCUT2D eigenvalue weighted by atomic mass is 10.2. The third kappa shape index (κ3) is 6.85. The van der Waals surface area contributed by atoms with Crippen LogP contribution in [0.4, 0.5) is 5.69 Å². The summed E-state index contributed by atoms with van der Waals surface area (Å²) < 4.78 is 0. The maximum Gasteiger partial charge on any atom is 0.236 e. The van der Waals surface area contributed by atoms with Crippen molar-refractivity contribution < 1.29 is 4.79 Å². The minimum atomic E-state index is 0. The normalized spacial score (nSPS) is 15.2. The molecule has 0 atom stereocenters. The number of nitrogen functional groups attached to an aromatic ring is 1. The molecule has 0 aromatic heterocycles. The molecule has 5 nitrogen and oxygen atoms in total. The molecule has 0 radical (unpaired) electrons. The van der Waals surface area contributed by atoms with Crippen molar-refractivity contribution in [3.05, 3.63) is 29.8 Å². The van der Waals surface area contributed by atoms with E-state index in [-0.39, 0.29) is 30.7 Å². The number of nitrogens with zero attached hydrogens (tertiary/aromatic N) is 3. The molecule has 1 saturated heterocycles. The number of piperazine rings is 1. The van der Waals surface area contributed by atoms with Crippen molar-refractivity contribution in [1.82, 2.24) is 14.7 Å². The standard InChI is InChI=1S/C17H28N4O.2ClH/c1-3-21(4-2)17(22)14-20-10-8-19(9-11-20)13-15-6-5-7-16(18)12-15;;/h5-7,12H,3-4,8-11,13-14,18H2,1-2H3;2*1H. The minimum absolute atomic E-state index is 0. The van der Waals surface area contributed by atoms with E-state index < -0.39 is 0 Å². The minimum Gasteiger partial charge on any atom is -0.399 e. The monoisotopic (exact) mass is 376 g/mol. The van der Waals surface area contributed by atoms with Crippen molar-refractivity contribution in [2.45, 2.75) is 20.4 Å². The summed E-state index contributed by atoms with van der Waals surface area (Å²) in [6, 6.07) is 8.08. The molecular formula is C17H30Cl2N4O. The summed E-state index contributed by atoms with van der Waals surface area (Å²) in [6.07, 6.45) is 0. The second kappa shape index (κ2) is 11.5. The van der Waals surface area contributed by atoms with E-state index in [0.717, 1.165) is 51.5 Å². The van der Waals surface area contributed by atoms with Gasteiger partial charge >= 0.3 is 0 Å². The summed E-state index contributed by atoms with van der Waals surface area (Å²) in [5.74, 6) is 0.245. The Bertz CT molecular complexity index is 489. The predicted octanol–water partition coefficient (Wildman–Crippen LogP) is 2.10. The molecule has 2 rings (SSSR count). The molecule has 1 amide bonds. The smallest absolute Gasteiger partial charge is 0.236 e. The molecule has 24 heavy (non-hydrogen) atoms. The molecule has 0 bridgehead atoms. The first-order valence-electron chi connectivity index (χ1n) is 8.19. The number of amides is 1. The van der Waals surface area contributed by atoms with Gasteiger partial charge in [-0.3, -0.25) is 14.6 Å². The third-order valence-corrected chi connectivity index (χ3v) is 4.30.